The molecule has 116 valence electrons. The highest BCUT2D eigenvalue weighted by molar-refractivity contribution is 7.80. The molecule has 1 heterocycles. The van der Waals surface area contributed by atoms with E-state index in [0.29, 0.717) is 5.11 Å². The van der Waals surface area contributed by atoms with E-state index >= 15 is 0 Å². The van der Waals surface area contributed by atoms with Crippen LogP contribution in [0.1, 0.15) is 5.01 Å². The molecule has 3 aromatic rings. The second-order valence-corrected chi connectivity index (χ2v) is 6.34. The topological polar surface area (TPSA) is 37.0 Å². The van der Waals surface area contributed by atoms with Crippen molar-refractivity contribution in [2.24, 2.45) is 0 Å². The average Bonchev–Trinajstić information content (AvgIpc) is 3.05. The largest absolute Gasteiger partial charge is 0.362 e. The van der Waals surface area contributed by atoms with Crippen molar-refractivity contribution in [1.82, 2.24) is 10.3 Å². The summed E-state index contributed by atoms with van der Waals surface area (Å²) >= 11 is 6.98. The fourth-order valence-electron chi connectivity index (χ4n) is 2.15. The highest BCUT2D eigenvalue weighted by atomic mass is 32.1. The third kappa shape index (κ3) is 4.61. The van der Waals surface area contributed by atoms with Crippen molar-refractivity contribution in [3.8, 4) is 11.3 Å². The van der Waals surface area contributed by atoms with Crippen molar-refractivity contribution in [2.75, 3.05) is 11.9 Å². The van der Waals surface area contributed by atoms with E-state index in [4.69, 9.17) is 12.2 Å². The van der Waals surface area contributed by atoms with Gasteiger partial charge in [0.1, 0.15) is 0 Å². The number of anilines is 1. The van der Waals surface area contributed by atoms with Crippen LogP contribution in [-0.2, 0) is 6.42 Å². The summed E-state index contributed by atoms with van der Waals surface area (Å²) in [6, 6.07) is 20.1. The van der Waals surface area contributed by atoms with E-state index in [9.17, 15) is 0 Å². The monoisotopic (exact) mass is 339 g/mol. The molecule has 5 heteroatoms. The molecule has 0 fully saturated rings. The Morgan fingerprint density at radius 2 is 1.70 bits per heavy atom. The molecular weight excluding hydrogens is 322 g/mol. The minimum Gasteiger partial charge on any atom is -0.362 e. The molecule has 0 unspecified atom stereocenters. The maximum Gasteiger partial charge on any atom is 0.170 e. The van der Waals surface area contributed by atoms with Crippen molar-refractivity contribution in [2.45, 2.75) is 6.42 Å². The summed E-state index contributed by atoms with van der Waals surface area (Å²) in [6.07, 6.45) is 0.855. The van der Waals surface area contributed by atoms with Gasteiger partial charge in [0.15, 0.2) is 5.11 Å². The summed E-state index contributed by atoms with van der Waals surface area (Å²) in [4.78, 5) is 4.68. The first kappa shape index (κ1) is 15.6. The number of rotatable bonds is 5. The third-order valence-electron chi connectivity index (χ3n) is 3.28. The van der Waals surface area contributed by atoms with Crippen LogP contribution in [-0.4, -0.2) is 16.6 Å². The van der Waals surface area contributed by atoms with Crippen LogP contribution in [0.4, 0.5) is 5.69 Å². The number of benzene rings is 2. The molecule has 0 saturated heterocycles. The number of para-hydroxylation sites is 1. The molecule has 0 saturated carbocycles. The van der Waals surface area contributed by atoms with E-state index < -0.39 is 0 Å². The van der Waals surface area contributed by atoms with Gasteiger partial charge < -0.3 is 10.6 Å². The molecule has 2 aromatic carbocycles. The lowest BCUT2D eigenvalue weighted by atomic mass is 10.2. The Balaban J connectivity index is 1.48. The van der Waals surface area contributed by atoms with Crippen LogP contribution in [0.2, 0.25) is 0 Å². The van der Waals surface area contributed by atoms with E-state index in [-0.39, 0.29) is 0 Å². The molecule has 2 N–H and O–H groups in total. The van der Waals surface area contributed by atoms with Crippen molar-refractivity contribution < 1.29 is 0 Å². The minimum absolute atomic E-state index is 0.635. The normalized spacial score (nSPS) is 10.3. The van der Waals surface area contributed by atoms with Crippen molar-refractivity contribution in [3.05, 3.63) is 71.1 Å². The number of nitrogens with one attached hydrogen (secondary N) is 2. The third-order valence-corrected chi connectivity index (χ3v) is 4.43. The minimum atomic E-state index is 0.635. The predicted octanol–water partition coefficient (Wildman–Crippen LogP) is 4.34. The summed E-state index contributed by atoms with van der Waals surface area (Å²) in [5.41, 5.74) is 3.19. The molecule has 0 spiro atoms. The van der Waals surface area contributed by atoms with Crippen LogP contribution in [0.25, 0.3) is 11.3 Å². The fraction of sp³-hybridized carbons (Fsp3) is 0.111. The van der Waals surface area contributed by atoms with E-state index in [1.54, 1.807) is 11.3 Å². The maximum atomic E-state index is 5.29. The lowest BCUT2D eigenvalue weighted by Crippen LogP contribution is -2.30. The van der Waals surface area contributed by atoms with Gasteiger partial charge in [-0.2, -0.15) is 0 Å². The lowest BCUT2D eigenvalue weighted by molar-refractivity contribution is 0.866. The smallest absolute Gasteiger partial charge is 0.170 e. The summed E-state index contributed by atoms with van der Waals surface area (Å²) in [7, 11) is 0. The zero-order valence-corrected chi connectivity index (χ0v) is 14.2. The van der Waals surface area contributed by atoms with Crippen molar-refractivity contribution >= 4 is 34.4 Å². The van der Waals surface area contributed by atoms with E-state index in [2.05, 4.69) is 33.1 Å². The van der Waals surface area contributed by atoms with Crippen LogP contribution in [0, 0.1) is 0 Å². The second-order valence-electron chi connectivity index (χ2n) is 4.99. The van der Waals surface area contributed by atoms with Gasteiger partial charge in [-0.1, -0.05) is 48.5 Å². The number of hydrogen-bond donors (Lipinski definition) is 2. The van der Waals surface area contributed by atoms with Gasteiger partial charge in [0, 0.05) is 29.6 Å². The van der Waals surface area contributed by atoms with Crippen LogP contribution >= 0.6 is 23.6 Å². The van der Waals surface area contributed by atoms with Gasteiger partial charge in [0.2, 0.25) is 0 Å². The predicted molar refractivity (Wildman–Crippen MR) is 102 cm³/mol. The van der Waals surface area contributed by atoms with Crippen LogP contribution in [0.5, 0.6) is 0 Å². The first-order valence-corrected chi connectivity index (χ1v) is 8.70. The van der Waals surface area contributed by atoms with Gasteiger partial charge in [-0.3, -0.25) is 0 Å². The maximum absolute atomic E-state index is 5.29. The Kier molecular flexibility index (Phi) is 5.34. The quantitative estimate of drug-likeness (QED) is 0.678. The Labute approximate surface area is 145 Å². The first-order chi connectivity index (χ1) is 11.3. The Hall–Kier alpha value is -2.24. The van der Waals surface area contributed by atoms with Crippen LogP contribution in [0.3, 0.4) is 0 Å². The summed E-state index contributed by atoms with van der Waals surface area (Å²) in [5, 5.41) is 10.2. The highest BCUT2D eigenvalue weighted by Crippen LogP contribution is 2.21. The Morgan fingerprint density at radius 3 is 2.43 bits per heavy atom. The molecule has 1 aromatic heterocycles. The van der Waals surface area contributed by atoms with E-state index in [1.807, 2.05) is 48.5 Å². The zero-order chi connectivity index (χ0) is 15.9. The summed E-state index contributed by atoms with van der Waals surface area (Å²) in [6.45, 7) is 0.764. The number of hydrogen-bond acceptors (Lipinski definition) is 3. The molecule has 0 amide bonds. The molecule has 23 heavy (non-hydrogen) atoms. The van der Waals surface area contributed by atoms with Crippen molar-refractivity contribution in [3.63, 3.8) is 0 Å². The zero-order valence-electron chi connectivity index (χ0n) is 12.5. The molecule has 0 aliphatic heterocycles. The van der Waals surface area contributed by atoms with Crippen LogP contribution in [0.15, 0.2) is 66.0 Å². The SMILES string of the molecule is S=C(NCCc1nc(-c2ccccc2)cs1)Nc1ccccc1. The Morgan fingerprint density at radius 1 is 1.00 bits per heavy atom. The van der Waals surface area contributed by atoms with Gasteiger partial charge in [-0.15, -0.1) is 11.3 Å². The molecule has 0 radical (unpaired) electrons. The molecule has 3 rings (SSSR count). The van der Waals surface area contributed by atoms with Crippen LogP contribution < -0.4 is 10.6 Å². The molecule has 3 nitrogen and oxygen atoms in total. The summed E-state index contributed by atoms with van der Waals surface area (Å²) in [5.74, 6) is 0. The standard InChI is InChI=1S/C18H17N3S2/c22-18(20-15-9-5-2-6-10-15)19-12-11-17-21-16(13-23-17)14-7-3-1-4-8-14/h1-10,13H,11-12H2,(H2,19,20,22). The molecular formula is C18H17N3S2. The van der Waals surface area contributed by atoms with E-state index in [0.717, 1.165) is 34.9 Å². The molecule has 0 aliphatic rings. The number of nitrogens with zero attached hydrogens (tertiary/aromatic N) is 1. The number of aromatic nitrogens is 1. The number of thiocarbonyl (C=S) groups is 1. The lowest BCUT2D eigenvalue weighted by Gasteiger charge is -2.09. The highest BCUT2D eigenvalue weighted by Gasteiger charge is 2.04. The molecule has 0 aliphatic carbocycles. The fourth-order valence-corrected chi connectivity index (χ4v) is 3.17. The van der Waals surface area contributed by atoms with Gasteiger partial charge >= 0.3 is 0 Å². The van der Waals surface area contributed by atoms with Crippen molar-refractivity contribution in [1.29, 1.82) is 0 Å². The van der Waals surface area contributed by atoms with E-state index in [1.165, 1.54) is 0 Å². The molecule has 0 atom stereocenters. The van der Waals surface area contributed by atoms with Gasteiger partial charge in [-0.05, 0) is 24.4 Å². The van der Waals surface area contributed by atoms with Gasteiger partial charge in [0.05, 0.1) is 10.7 Å². The first-order valence-electron chi connectivity index (χ1n) is 7.41. The average molecular weight is 339 g/mol. The second kappa shape index (κ2) is 7.85. The Bertz CT molecular complexity index is 754. The number of thiazole rings is 1. The van der Waals surface area contributed by atoms with Gasteiger partial charge in [0.25, 0.3) is 0 Å². The summed E-state index contributed by atoms with van der Waals surface area (Å²) < 4.78 is 0. The molecule has 0 bridgehead atoms. The van der Waals surface area contributed by atoms with Gasteiger partial charge in [-0.25, -0.2) is 4.98 Å².